The molecule has 7 nitrogen and oxygen atoms in total. The fourth-order valence-electron chi connectivity index (χ4n) is 15.9. The third kappa shape index (κ3) is 5.73. The molecule has 0 aliphatic carbocycles. The average molecular weight is 1050 g/mol. The summed E-state index contributed by atoms with van der Waals surface area (Å²) in [5.41, 5.74) is 28.1. The van der Waals surface area contributed by atoms with Crippen LogP contribution < -0.4 is 99.4 Å². The maximum atomic E-state index is 7.56. The van der Waals surface area contributed by atoms with Crippen molar-refractivity contribution in [3.8, 4) is 34.5 Å². The fourth-order valence-corrected chi connectivity index (χ4v) is 15.9. The first-order valence-corrected chi connectivity index (χ1v) is 28.8. The van der Waals surface area contributed by atoms with Crippen molar-refractivity contribution in [3.05, 3.63) is 255 Å². The van der Waals surface area contributed by atoms with Gasteiger partial charge in [-0.15, -0.1) is 0 Å². The third-order valence-electron chi connectivity index (χ3n) is 19.0. The van der Waals surface area contributed by atoms with Gasteiger partial charge in [0, 0.05) is 86.4 Å². The average Bonchev–Trinajstić information content (AvgIpc) is 2.05. The lowest BCUT2D eigenvalue weighted by Gasteiger charge is -2.49. The molecule has 20 rings (SSSR count). The van der Waals surface area contributed by atoms with Gasteiger partial charge in [0.2, 0.25) is 0 Å². The lowest BCUT2D eigenvalue weighted by Crippen LogP contribution is -2.69. The highest BCUT2D eigenvalue weighted by Gasteiger charge is 2.53. The Morgan fingerprint density at radius 2 is 0.554 bits per heavy atom. The second-order valence-electron chi connectivity index (χ2n) is 22.9. The summed E-state index contributed by atoms with van der Waals surface area (Å²) in [4.78, 5) is 9.85. The van der Waals surface area contributed by atoms with E-state index in [9.17, 15) is 0 Å². The monoisotopic (exact) mass is 1050 g/mol. The summed E-state index contributed by atoms with van der Waals surface area (Å²) < 4.78 is 22.0. The van der Waals surface area contributed by atoms with Crippen LogP contribution in [0.1, 0.15) is 0 Å². The van der Waals surface area contributed by atoms with Gasteiger partial charge >= 0.3 is 0 Å². The summed E-state index contributed by atoms with van der Waals surface area (Å²) in [5.74, 6) is 5.07. The summed E-state index contributed by atoms with van der Waals surface area (Å²) in [6.45, 7) is -0.446. The summed E-state index contributed by atoms with van der Waals surface area (Å²) in [5, 5.41) is 0. The maximum Gasteiger partial charge on any atom is 0.256 e. The Balaban J connectivity index is 0.827. The molecule has 0 bridgehead atoms. The smallest absolute Gasteiger partial charge is 0.256 e. The molecule has 0 N–H and O–H groups in total. The molecule has 0 saturated carbocycles. The van der Waals surface area contributed by atoms with Crippen molar-refractivity contribution in [3.63, 3.8) is 0 Å². The molecular weight excluding hydrogens is 1010 g/mol. The molecule has 0 radical (unpaired) electrons. The van der Waals surface area contributed by atoms with Gasteiger partial charge in [0.05, 0.1) is 0 Å². The van der Waals surface area contributed by atoms with E-state index in [1.807, 2.05) is 0 Å². The minimum atomic E-state index is -0.154. The molecule has 12 aromatic rings. The molecule has 8 aliphatic heterocycles. The molecule has 0 aromatic heterocycles. The van der Waals surface area contributed by atoms with E-state index >= 15 is 0 Å². The topological polar surface area (TPSA) is 40.7 Å². The first kappa shape index (κ1) is 44.3. The maximum absolute atomic E-state index is 7.56. The van der Waals surface area contributed by atoms with Crippen molar-refractivity contribution in [1.29, 1.82) is 0 Å². The molecule has 83 heavy (non-hydrogen) atoms. The second-order valence-corrected chi connectivity index (χ2v) is 22.9. The number of anilines is 12. The van der Waals surface area contributed by atoms with Crippen LogP contribution in [0.25, 0.3) is 0 Å². The predicted molar refractivity (Wildman–Crippen MR) is 343 cm³/mol. The number of rotatable bonds is 3. The number of hydrogen-bond acceptors (Lipinski definition) is 7. The summed E-state index contributed by atoms with van der Waals surface area (Å²) >= 11 is 0. The molecule has 0 spiro atoms. The standard InChI is InChI=1S/C72H42B4N4O3/c1-4-20-43(21-5-1)77-54-30-14-10-26-46(54)74-51-38-50-60(40-64(51)81-62-36-18-34-58(77)68(62)74)79(45-24-8-3-9-25-45)61-41-67-71-72-70(61)73(50)48-28-12-16-32-56(48)80(72)57-33-17-13-29-49(57)76(71)53-39-52-65(42-66(53)83-67)82-63-37-19-35-59-69(63)75(52)47-27-11-15-31-55(47)78(59)44-22-6-2-7-23-44/h1-42H. The number of hydrogen-bond donors (Lipinski definition) is 0. The SMILES string of the molecule is c1ccc(N2c3ccccc3B3c4cc5c(cc4Oc4cccc2c43)Oc2cc3c4c6c2B5c2ccccc2N6c2ccccc2B4c2cc4c(cc2N3c2ccccc2)Oc2cccc3c2B4c2ccccc2N3c2ccccc2)cc1. The zero-order valence-electron chi connectivity index (χ0n) is 44.6. The van der Waals surface area contributed by atoms with E-state index in [2.05, 4.69) is 274 Å². The van der Waals surface area contributed by atoms with Crippen molar-refractivity contribution in [2.45, 2.75) is 0 Å². The van der Waals surface area contributed by atoms with E-state index < -0.39 is 0 Å². The van der Waals surface area contributed by atoms with Crippen LogP contribution in [0, 0.1) is 0 Å². The van der Waals surface area contributed by atoms with Crippen molar-refractivity contribution in [1.82, 2.24) is 0 Å². The minimum absolute atomic E-state index is 0.0762. The first-order chi connectivity index (χ1) is 41.2. The van der Waals surface area contributed by atoms with Crippen molar-refractivity contribution < 1.29 is 14.2 Å². The van der Waals surface area contributed by atoms with Gasteiger partial charge in [-0.3, -0.25) is 0 Å². The molecule has 0 unspecified atom stereocenters. The highest BCUT2D eigenvalue weighted by atomic mass is 16.5. The van der Waals surface area contributed by atoms with Crippen LogP contribution in [-0.4, -0.2) is 26.9 Å². The second kappa shape index (κ2) is 16.1. The largest absolute Gasteiger partial charge is 0.458 e. The van der Waals surface area contributed by atoms with Gasteiger partial charge < -0.3 is 33.8 Å². The quantitative estimate of drug-likeness (QED) is 0.164. The molecule has 0 amide bonds. The van der Waals surface area contributed by atoms with Gasteiger partial charge in [-0.25, -0.2) is 0 Å². The summed E-state index contributed by atoms with van der Waals surface area (Å²) in [7, 11) is 0. The number of para-hydroxylation sites is 7. The van der Waals surface area contributed by atoms with E-state index in [-0.39, 0.29) is 26.9 Å². The van der Waals surface area contributed by atoms with Crippen LogP contribution in [0.15, 0.2) is 255 Å². The first-order valence-electron chi connectivity index (χ1n) is 28.8. The van der Waals surface area contributed by atoms with Gasteiger partial charge in [0.15, 0.2) is 0 Å². The predicted octanol–water partition coefficient (Wildman–Crippen LogP) is 9.51. The van der Waals surface area contributed by atoms with E-state index in [4.69, 9.17) is 14.2 Å². The van der Waals surface area contributed by atoms with E-state index in [0.717, 1.165) is 85.2 Å². The lowest BCUT2D eigenvalue weighted by atomic mass is 9.28. The molecule has 0 saturated heterocycles. The normalized spacial score (nSPS) is 14.6. The van der Waals surface area contributed by atoms with Crippen LogP contribution in [-0.2, 0) is 0 Å². The number of nitrogens with zero attached hydrogens (tertiary/aromatic N) is 4. The van der Waals surface area contributed by atoms with Crippen LogP contribution in [0.3, 0.4) is 0 Å². The minimum Gasteiger partial charge on any atom is -0.458 e. The summed E-state index contributed by atoms with van der Waals surface area (Å²) in [6, 6.07) is 93.3. The highest BCUT2D eigenvalue weighted by Crippen LogP contribution is 2.50. The Morgan fingerprint density at radius 1 is 0.205 bits per heavy atom. The Kier molecular flexibility index (Phi) is 8.60. The third-order valence-corrected chi connectivity index (χ3v) is 19.0. The number of fused-ring (bicyclic) bond motifs is 18. The summed E-state index contributed by atoms with van der Waals surface area (Å²) in [6.07, 6.45) is 0. The molecule has 8 heterocycles. The van der Waals surface area contributed by atoms with Gasteiger partial charge in [0.1, 0.15) is 34.5 Å². The van der Waals surface area contributed by atoms with Crippen molar-refractivity contribution in [2.75, 3.05) is 19.6 Å². The molecule has 8 aliphatic rings. The zero-order valence-corrected chi connectivity index (χ0v) is 44.6. The zero-order chi connectivity index (χ0) is 53.8. The van der Waals surface area contributed by atoms with E-state index in [0.29, 0.717) is 0 Å². The number of ether oxygens (including phenoxy) is 3. The molecule has 0 fully saturated rings. The Bertz CT molecular complexity index is 4860. The Morgan fingerprint density at radius 3 is 1.04 bits per heavy atom. The molecule has 12 aromatic carbocycles. The Labute approximate surface area is 481 Å². The Hall–Kier alpha value is -10.5. The van der Waals surface area contributed by atoms with Gasteiger partial charge in [0.25, 0.3) is 26.9 Å². The fraction of sp³-hybridized carbons (Fsp3) is 0. The van der Waals surface area contributed by atoms with Crippen molar-refractivity contribution >= 4 is 161 Å². The van der Waals surface area contributed by atoms with E-state index in [1.165, 1.54) is 83.1 Å². The molecule has 11 heteroatoms. The van der Waals surface area contributed by atoms with Crippen LogP contribution in [0.2, 0.25) is 0 Å². The van der Waals surface area contributed by atoms with Gasteiger partial charge in [-0.05, 0) is 150 Å². The number of benzene rings is 12. The van der Waals surface area contributed by atoms with E-state index in [1.54, 1.807) is 0 Å². The van der Waals surface area contributed by atoms with Gasteiger partial charge in [-0.2, -0.15) is 0 Å². The van der Waals surface area contributed by atoms with Crippen molar-refractivity contribution in [2.24, 2.45) is 0 Å². The molecule has 0 atom stereocenters. The van der Waals surface area contributed by atoms with Crippen LogP contribution >= 0.6 is 0 Å². The highest BCUT2D eigenvalue weighted by molar-refractivity contribution is 7.06. The van der Waals surface area contributed by atoms with Crippen LogP contribution in [0.5, 0.6) is 34.5 Å². The molecule has 380 valence electrons. The van der Waals surface area contributed by atoms with Crippen LogP contribution in [0.4, 0.5) is 68.2 Å². The molecular formula is C72H42B4N4O3. The van der Waals surface area contributed by atoms with Gasteiger partial charge in [-0.1, -0.05) is 152 Å². The lowest BCUT2D eigenvalue weighted by molar-refractivity contribution is 0.466.